The molecule has 4 nitrogen and oxygen atoms in total. The first-order chi connectivity index (χ1) is 7.01. The molecule has 0 amide bonds. The lowest BCUT2D eigenvalue weighted by Crippen LogP contribution is -2.20. The lowest BCUT2D eigenvalue weighted by atomic mass is 9.92. The van der Waals surface area contributed by atoms with Gasteiger partial charge in [-0.15, -0.1) is 0 Å². The summed E-state index contributed by atoms with van der Waals surface area (Å²) in [6.07, 6.45) is 0.856. The highest BCUT2D eigenvalue weighted by Gasteiger charge is 2.39. The van der Waals surface area contributed by atoms with Gasteiger partial charge in [-0.2, -0.15) is 0 Å². The third-order valence-corrected chi connectivity index (χ3v) is 2.70. The summed E-state index contributed by atoms with van der Waals surface area (Å²) >= 11 is 0. The number of rotatable bonds is 1. The minimum Gasteiger partial charge on any atom is -0.508 e. The van der Waals surface area contributed by atoms with E-state index in [1.165, 1.54) is 18.2 Å². The predicted molar refractivity (Wildman–Crippen MR) is 52.4 cm³/mol. The molecule has 2 rings (SSSR count). The molecule has 0 bridgehead atoms. The maximum atomic E-state index is 11.1. The van der Waals surface area contributed by atoms with Gasteiger partial charge in [0.2, 0.25) is 0 Å². The van der Waals surface area contributed by atoms with Crippen LogP contribution in [0.3, 0.4) is 0 Å². The molecule has 0 saturated carbocycles. The number of phenols is 2. The van der Waals surface area contributed by atoms with Crippen LogP contribution in [-0.2, 0) is 15.1 Å². The Bertz CT molecular complexity index is 413. The van der Waals surface area contributed by atoms with E-state index >= 15 is 0 Å². The molecule has 1 unspecified atom stereocenters. The minimum absolute atomic E-state index is 0.0324. The summed E-state index contributed by atoms with van der Waals surface area (Å²) in [4.78, 5) is 11.1. The van der Waals surface area contributed by atoms with Crippen LogP contribution in [-0.4, -0.2) is 16.2 Å². The standard InChI is InChI=1S/C11H12O4/c1-11(5-4-10(14)15-11)8-6-7(12)2-3-9(8)13/h2-3,6,12-13H,4-5H2,1H3. The molecule has 1 aliphatic heterocycles. The SMILES string of the molecule is CC1(c2cc(O)ccc2O)CCC(=O)O1. The highest BCUT2D eigenvalue weighted by molar-refractivity contribution is 5.73. The zero-order valence-corrected chi connectivity index (χ0v) is 8.36. The Kier molecular flexibility index (Phi) is 2.07. The van der Waals surface area contributed by atoms with Crippen LogP contribution in [0, 0.1) is 0 Å². The molecular weight excluding hydrogens is 196 g/mol. The van der Waals surface area contributed by atoms with Gasteiger partial charge in [-0.1, -0.05) is 0 Å². The molecule has 1 aromatic rings. The average Bonchev–Trinajstić information content (AvgIpc) is 2.52. The molecule has 1 saturated heterocycles. The average molecular weight is 208 g/mol. The van der Waals surface area contributed by atoms with Crippen molar-refractivity contribution in [3.05, 3.63) is 23.8 Å². The molecule has 2 N–H and O–H groups in total. The summed E-state index contributed by atoms with van der Waals surface area (Å²) in [5.41, 5.74) is -0.367. The molecule has 80 valence electrons. The van der Waals surface area contributed by atoms with Gasteiger partial charge in [-0.25, -0.2) is 0 Å². The van der Waals surface area contributed by atoms with Crippen molar-refractivity contribution in [2.75, 3.05) is 0 Å². The maximum Gasteiger partial charge on any atom is 0.306 e. The van der Waals surface area contributed by atoms with Gasteiger partial charge in [0.1, 0.15) is 17.1 Å². The van der Waals surface area contributed by atoms with Gasteiger partial charge >= 0.3 is 5.97 Å². The number of ether oxygens (including phenoxy) is 1. The van der Waals surface area contributed by atoms with E-state index in [1.807, 2.05) is 0 Å². The van der Waals surface area contributed by atoms with Gasteiger partial charge in [-0.05, 0) is 25.1 Å². The highest BCUT2D eigenvalue weighted by Crippen LogP contribution is 2.41. The van der Waals surface area contributed by atoms with Crippen molar-refractivity contribution in [3.63, 3.8) is 0 Å². The first-order valence-electron chi connectivity index (χ1n) is 4.75. The van der Waals surface area contributed by atoms with E-state index in [2.05, 4.69) is 0 Å². The Labute approximate surface area is 87.1 Å². The summed E-state index contributed by atoms with van der Waals surface area (Å²) in [7, 11) is 0. The molecule has 0 aromatic heterocycles. The Morgan fingerprint density at radius 1 is 1.40 bits per heavy atom. The second-order valence-electron chi connectivity index (χ2n) is 3.91. The fourth-order valence-electron chi connectivity index (χ4n) is 1.83. The molecule has 15 heavy (non-hydrogen) atoms. The van der Waals surface area contributed by atoms with Gasteiger partial charge in [0, 0.05) is 18.4 Å². The molecule has 4 heteroatoms. The second kappa shape index (κ2) is 3.15. The van der Waals surface area contributed by atoms with Crippen LogP contribution in [0.4, 0.5) is 0 Å². The Morgan fingerprint density at radius 3 is 2.73 bits per heavy atom. The Morgan fingerprint density at radius 2 is 2.13 bits per heavy atom. The topological polar surface area (TPSA) is 66.8 Å². The normalized spacial score (nSPS) is 25.3. The van der Waals surface area contributed by atoms with E-state index in [1.54, 1.807) is 6.92 Å². The van der Waals surface area contributed by atoms with Crippen LogP contribution < -0.4 is 0 Å². The predicted octanol–water partition coefficient (Wildman–Crippen LogP) is 1.65. The summed E-state index contributed by atoms with van der Waals surface area (Å²) in [5, 5.41) is 19.0. The maximum absolute atomic E-state index is 11.1. The van der Waals surface area contributed by atoms with Crippen LogP contribution in [0.1, 0.15) is 25.3 Å². The molecule has 1 atom stereocenters. The largest absolute Gasteiger partial charge is 0.508 e. The lowest BCUT2D eigenvalue weighted by molar-refractivity contribution is -0.147. The molecule has 1 aromatic carbocycles. The van der Waals surface area contributed by atoms with Crippen LogP contribution in [0.25, 0.3) is 0 Å². The van der Waals surface area contributed by atoms with E-state index in [-0.39, 0.29) is 17.5 Å². The number of carbonyl (C=O) groups excluding carboxylic acids is 1. The Hall–Kier alpha value is -1.71. The minimum atomic E-state index is -0.820. The second-order valence-corrected chi connectivity index (χ2v) is 3.91. The van der Waals surface area contributed by atoms with Crippen molar-refractivity contribution < 1.29 is 19.7 Å². The fourth-order valence-corrected chi connectivity index (χ4v) is 1.83. The highest BCUT2D eigenvalue weighted by atomic mass is 16.6. The summed E-state index contributed by atoms with van der Waals surface area (Å²) in [6, 6.07) is 4.20. The van der Waals surface area contributed by atoms with Gasteiger partial charge in [0.05, 0.1) is 0 Å². The molecule has 0 aliphatic carbocycles. The monoisotopic (exact) mass is 208 g/mol. The van der Waals surface area contributed by atoms with Crippen LogP contribution in [0.2, 0.25) is 0 Å². The van der Waals surface area contributed by atoms with Crippen LogP contribution in [0.15, 0.2) is 18.2 Å². The van der Waals surface area contributed by atoms with E-state index in [0.717, 1.165) is 0 Å². The summed E-state index contributed by atoms with van der Waals surface area (Å²) < 4.78 is 5.16. The van der Waals surface area contributed by atoms with E-state index < -0.39 is 5.60 Å². The summed E-state index contributed by atoms with van der Waals surface area (Å²) in [5.74, 6) is -0.197. The van der Waals surface area contributed by atoms with E-state index in [4.69, 9.17) is 4.74 Å². The molecular formula is C11H12O4. The fraction of sp³-hybridized carbons (Fsp3) is 0.364. The zero-order chi connectivity index (χ0) is 11.1. The third kappa shape index (κ3) is 1.63. The molecule has 1 aliphatic rings. The van der Waals surface area contributed by atoms with Gasteiger partial charge in [0.15, 0.2) is 0 Å². The molecule has 0 radical (unpaired) electrons. The molecule has 0 spiro atoms. The number of hydrogen-bond acceptors (Lipinski definition) is 4. The number of esters is 1. The van der Waals surface area contributed by atoms with Gasteiger partial charge in [0.25, 0.3) is 0 Å². The quantitative estimate of drug-likeness (QED) is 0.544. The number of carbonyl (C=O) groups is 1. The Balaban J connectivity index is 2.44. The van der Waals surface area contributed by atoms with Crippen LogP contribution in [0.5, 0.6) is 11.5 Å². The first-order valence-corrected chi connectivity index (χ1v) is 4.75. The molecule has 1 heterocycles. The lowest BCUT2D eigenvalue weighted by Gasteiger charge is -2.23. The summed E-state index contributed by atoms with van der Waals surface area (Å²) in [6.45, 7) is 1.73. The zero-order valence-electron chi connectivity index (χ0n) is 8.36. The van der Waals surface area contributed by atoms with Crippen molar-refractivity contribution in [2.24, 2.45) is 0 Å². The van der Waals surface area contributed by atoms with Crippen molar-refractivity contribution in [3.8, 4) is 11.5 Å². The van der Waals surface area contributed by atoms with Gasteiger partial charge < -0.3 is 14.9 Å². The smallest absolute Gasteiger partial charge is 0.306 e. The number of aromatic hydroxyl groups is 2. The van der Waals surface area contributed by atoms with Crippen molar-refractivity contribution in [1.82, 2.24) is 0 Å². The van der Waals surface area contributed by atoms with Crippen LogP contribution >= 0.6 is 0 Å². The number of cyclic esters (lactones) is 1. The van der Waals surface area contributed by atoms with Crippen molar-refractivity contribution in [2.45, 2.75) is 25.4 Å². The van der Waals surface area contributed by atoms with Crippen molar-refractivity contribution in [1.29, 1.82) is 0 Å². The third-order valence-electron chi connectivity index (χ3n) is 2.70. The number of benzene rings is 1. The number of phenolic OH excluding ortho intramolecular Hbond substituents is 2. The molecule has 1 fully saturated rings. The number of hydrogen-bond donors (Lipinski definition) is 2. The van der Waals surface area contributed by atoms with E-state index in [9.17, 15) is 15.0 Å². The van der Waals surface area contributed by atoms with Gasteiger partial charge in [-0.3, -0.25) is 4.79 Å². The van der Waals surface area contributed by atoms with Crippen molar-refractivity contribution >= 4 is 5.97 Å². The van der Waals surface area contributed by atoms with E-state index in [0.29, 0.717) is 18.4 Å². The first kappa shape index (κ1) is 9.83.